The molecule has 2 atom stereocenters. The molecule has 1 aliphatic heterocycles. The molecule has 0 spiro atoms. The predicted octanol–water partition coefficient (Wildman–Crippen LogP) is 1.53. The Morgan fingerprint density at radius 3 is 2.77 bits per heavy atom. The molecule has 2 unspecified atom stereocenters. The fourth-order valence-electron chi connectivity index (χ4n) is 3.28. The lowest BCUT2D eigenvalue weighted by Gasteiger charge is -2.33. The Morgan fingerprint density at radius 2 is 2.09 bits per heavy atom. The first-order valence-electron chi connectivity index (χ1n) is 8.53. The molecule has 2 heterocycles. The van der Waals surface area contributed by atoms with Crippen LogP contribution in [0.5, 0.6) is 0 Å². The number of carbonyl (C=O) groups excluding carboxylic acids is 1. The van der Waals surface area contributed by atoms with Crippen LogP contribution in [0.15, 0.2) is 22.8 Å². The van der Waals surface area contributed by atoms with Gasteiger partial charge in [0.25, 0.3) is 0 Å². The highest BCUT2D eigenvalue weighted by molar-refractivity contribution is 5.82. The van der Waals surface area contributed by atoms with Crippen LogP contribution in [-0.4, -0.2) is 61.5 Å². The molecule has 2 aliphatic rings. The zero-order valence-electron chi connectivity index (χ0n) is 13.5. The second kappa shape index (κ2) is 7.29. The Morgan fingerprint density at radius 1 is 1.32 bits per heavy atom. The molecule has 5 heteroatoms. The van der Waals surface area contributed by atoms with E-state index < -0.39 is 0 Å². The first-order chi connectivity index (χ1) is 10.8. The Labute approximate surface area is 132 Å². The van der Waals surface area contributed by atoms with Crippen molar-refractivity contribution in [2.75, 3.05) is 45.8 Å². The van der Waals surface area contributed by atoms with Gasteiger partial charge in [-0.25, -0.2) is 0 Å². The van der Waals surface area contributed by atoms with Crippen molar-refractivity contribution in [2.45, 2.75) is 25.7 Å². The van der Waals surface area contributed by atoms with Gasteiger partial charge in [-0.15, -0.1) is 0 Å². The smallest absolute Gasteiger partial charge is 0.223 e. The molecule has 1 saturated heterocycles. The van der Waals surface area contributed by atoms with E-state index in [2.05, 4.69) is 22.0 Å². The van der Waals surface area contributed by atoms with Crippen molar-refractivity contribution in [2.24, 2.45) is 5.92 Å². The Balaban J connectivity index is 1.27. The maximum absolute atomic E-state index is 12.1. The van der Waals surface area contributed by atoms with Crippen molar-refractivity contribution in [3.8, 4) is 0 Å². The normalized spacial score (nSPS) is 26.0. The van der Waals surface area contributed by atoms with Gasteiger partial charge in [0.1, 0.15) is 5.76 Å². The average Bonchev–Trinajstić information content (AvgIpc) is 3.17. The minimum absolute atomic E-state index is 0.124. The average molecular weight is 305 g/mol. The minimum atomic E-state index is 0.124. The first-order valence-corrected chi connectivity index (χ1v) is 8.53. The molecule has 122 valence electrons. The zero-order chi connectivity index (χ0) is 15.4. The van der Waals surface area contributed by atoms with Gasteiger partial charge >= 0.3 is 0 Å². The molecule has 5 nitrogen and oxygen atoms in total. The topological polar surface area (TPSA) is 48.7 Å². The Kier molecular flexibility index (Phi) is 5.16. The van der Waals surface area contributed by atoms with E-state index in [4.69, 9.17) is 4.42 Å². The summed E-state index contributed by atoms with van der Waals surface area (Å²) in [4.78, 5) is 17.1. The lowest BCUT2D eigenvalue weighted by Crippen LogP contribution is -2.46. The van der Waals surface area contributed by atoms with Crippen molar-refractivity contribution >= 4 is 5.91 Å². The molecule has 1 N–H and O–H groups in total. The van der Waals surface area contributed by atoms with Gasteiger partial charge in [-0.2, -0.15) is 0 Å². The van der Waals surface area contributed by atoms with Gasteiger partial charge in [-0.1, -0.05) is 6.92 Å². The minimum Gasteiger partial charge on any atom is -0.469 e. The number of amides is 1. The molecule has 1 aromatic heterocycles. The van der Waals surface area contributed by atoms with E-state index in [-0.39, 0.29) is 11.8 Å². The summed E-state index contributed by atoms with van der Waals surface area (Å²) >= 11 is 0. The maximum atomic E-state index is 12.1. The lowest BCUT2D eigenvalue weighted by atomic mass is 10.2. The molecule has 1 aliphatic carbocycles. The van der Waals surface area contributed by atoms with Crippen molar-refractivity contribution < 1.29 is 9.21 Å². The maximum Gasteiger partial charge on any atom is 0.223 e. The summed E-state index contributed by atoms with van der Waals surface area (Å²) in [6, 6.07) is 3.86. The number of hydrogen-bond donors (Lipinski definition) is 1. The van der Waals surface area contributed by atoms with E-state index in [1.165, 1.54) is 13.1 Å². The molecule has 1 aromatic rings. The summed E-state index contributed by atoms with van der Waals surface area (Å²) in [6.07, 6.45) is 3.65. The molecule has 22 heavy (non-hydrogen) atoms. The van der Waals surface area contributed by atoms with E-state index in [1.54, 1.807) is 6.26 Å². The third-order valence-electron chi connectivity index (χ3n) is 4.90. The number of nitrogens with zero attached hydrogens (tertiary/aromatic N) is 2. The molecule has 0 radical (unpaired) electrons. The zero-order valence-corrected chi connectivity index (χ0v) is 13.5. The van der Waals surface area contributed by atoms with Gasteiger partial charge in [-0.05, 0) is 38.1 Å². The standard InChI is InChI=1S/C17H27N3O2/c1-2-19-8-10-20(11-9-19)7-4-6-18-17(21)15-13-14(15)16-5-3-12-22-16/h3,5,12,14-15H,2,4,6-11,13H2,1H3,(H,18,21). The summed E-state index contributed by atoms with van der Waals surface area (Å²) < 4.78 is 5.37. The second-order valence-corrected chi connectivity index (χ2v) is 6.38. The molecular weight excluding hydrogens is 278 g/mol. The van der Waals surface area contributed by atoms with Crippen LogP contribution in [-0.2, 0) is 4.79 Å². The fraction of sp³-hybridized carbons (Fsp3) is 0.706. The van der Waals surface area contributed by atoms with Crippen molar-refractivity contribution in [1.29, 1.82) is 0 Å². The highest BCUT2D eigenvalue weighted by Crippen LogP contribution is 2.47. The molecule has 1 saturated carbocycles. The molecule has 2 fully saturated rings. The SMILES string of the molecule is CCN1CCN(CCCNC(=O)C2CC2c2ccco2)CC1. The number of rotatable bonds is 7. The number of piperazine rings is 1. The predicted molar refractivity (Wildman–Crippen MR) is 85.7 cm³/mol. The second-order valence-electron chi connectivity index (χ2n) is 6.38. The molecule has 0 aromatic carbocycles. The van der Waals surface area contributed by atoms with Gasteiger partial charge < -0.3 is 19.5 Å². The monoisotopic (exact) mass is 305 g/mol. The van der Waals surface area contributed by atoms with Gasteiger partial charge in [0, 0.05) is 44.6 Å². The first kappa shape index (κ1) is 15.6. The van der Waals surface area contributed by atoms with Crippen molar-refractivity contribution in [1.82, 2.24) is 15.1 Å². The van der Waals surface area contributed by atoms with Crippen molar-refractivity contribution in [3.05, 3.63) is 24.2 Å². The van der Waals surface area contributed by atoms with Gasteiger partial charge in [0.15, 0.2) is 0 Å². The molecule has 1 amide bonds. The highest BCUT2D eigenvalue weighted by atomic mass is 16.3. The third-order valence-corrected chi connectivity index (χ3v) is 4.90. The molecular formula is C17H27N3O2. The van der Waals surface area contributed by atoms with E-state index in [9.17, 15) is 4.79 Å². The molecule has 3 rings (SSSR count). The number of furan rings is 1. The van der Waals surface area contributed by atoms with E-state index in [0.717, 1.165) is 51.3 Å². The Hall–Kier alpha value is -1.33. The van der Waals surface area contributed by atoms with Gasteiger partial charge in [-0.3, -0.25) is 4.79 Å². The third kappa shape index (κ3) is 3.90. The number of nitrogens with one attached hydrogen (secondary N) is 1. The molecule has 0 bridgehead atoms. The van der Waals surface area contributed by atoms with Crippen LogP contribution < -0.4 is 5.32 Å². The van der Waals surface area contributed by atoms with E-state index >= 15 is 0 Å². The van der Waals surface area contributed by atoms with Crippen LogP contribution >= 0.6 is 0 Å². The van der Waals surface area contributed by atoms with Crippen LogP contribution in [0.4, 0.5) is 0 Å². The van der Waals surface area contributed by atoms with Crippen LogP contribution in [0.25, 0.3) is 0 Å². The summed E-state index contributed by atoms with van der Waals surface area (Å²) in [7, 11) is 0. The summed E-state index contributed by atoms with van der Waals surface area (Å²) in [5.74, 6) is 1.57. The number of carbonyl (C=O) groups is 1. The van der Waals surface area contributed by atoms with Crippen molar-refractivity contribution in [3.63, 3.8) is 0 Å². The fourth-order valence-corrected chi connectivity index (χ4v) is 3.28. The summed E-state index contributed by atoms with van der Waals surface area (Å²) in [5, 5.41) is 3.08. The van der Waals surface area contributed by atoms with Gasteiger partial charge in [0.05, 0.1) is 6.26 Å². The van der Waals surface area contributed by atoms with Gasteiger partial charge in [0.2, 0.25) is 5.91 Å². The van der Waals surface area contributed by atoms with E-state index in [1.807, 2.05) is 12.1 Å². The van der Waals surface area contributed by atoms with Crippen LogP contribution in [0, 0.1) is 5.92 Å². The van der Waals surface area contributed by atoms with Crippen LogP contribution in [0.1, 0.15) is 31.4 Å². The highest BCUT2D eigenvalue weighted by Gasteiger charge is 2.45. The summed E-state index contributed by atoms with van der Waals surface area (Å²) in [5.41, 5.74) is 0. The Bertz CT molecular complexity index is 466. The quantitative estimate of drug-likeness (QED) is 0.776. The number of hydrogen-bond acceptors (Lipinski definition) is 4. The van der Waals surface area contributed by atoms with Crippen LogP contribution in [0.2, 0.25) is 0 Å². The summed E-state index contributed by atoms with van der Waals surface area (Å²) in [6.45, 7) is 9.92. The largest absolute Gasteiger partial charge is 0.469 e. The van der Waals surface area contributed by atoms with Crippen LogP contribution in [0.3, 0.4) is 0 Å². The lowest BCUT2D eigenvalue weighted by molar-refractivity contribution is -0.122. The number of likely N-dealkylation sites (N-methyl/N-ethyl adjacent to an activating group) is 1. The van der Waals surface area contributed by atoms with E-state index in [0.29, 0.717) is 5.92 Å².